The quantitative estimate of drug-likeness (QED) is 0.342. The number of hydrogen-bond acceptors (Lipinski definition) is 2. The molecule has 0 spiro atoms. The zero-order chi connectivity index (χ0) is 19.3. The van der Waals surface area contributed by atoms with Gasteiger partial charge in [-0.25, -0.2) is 0 Å². The fourth-order valence-electron chi connectivity index (χ4n) is 3.23. The van der Waals surface area contributed by atoms with Crippen LogP contribution < -0.4 is 10.0 Å². The van der Waals surface area contributed by atoms with Gasteiger partial charge in [0.05, 0.1) is 6.61 Å². The van der Waals surface area contributed by atoms with Crippen molar-refractivity contribution in [2.75, 3.05) is 6.61 Å². The Labute approximate surface area is 178 Å². The first-order chi connectivity index (χ1) is 12.3. The van der Waals surface area contributed by atoms with Crippen molar-refractivity contribution in [3.05, 3.63) is 57.6 Å². The summed E-state index contributed by atoms with van der Waals surface area (Å²) in [7, 11) is 0.145. The van der Waals surface area contributed by atoms with E-state index in [1.54, 1.807) is 0 Å². The van der Waals surface area contributed by atoms with E-state index in [1.807, 2.05) is 19.1 Å². The Bertz CT molecular complexity index is 799. The molecule has 0 heterocycles. The van der Waals surface area contributed by atoms with E-state index in [1.165, 1.54) is 24.0 Å². The van der Waals surface area contributed by atoms with Crippen LogP contribution in [0.15, 0.2) is 24.3 Å². The van der Waals surface area contributed by atoms with Crippen molar-refractivity contribution >= 4 is 38.3 Å². The third-order valence-electron chi connectivity index (χ3n) is 5.05. The Balaban J connectivity index is 0.00000364. The van der Waals surface area contributed by atoms with Crippen LogP contribution in [0.2, 0.25) is 0 Å². The zero-order valence-electron chi connectivity index (χ0n) is 18.0. The van der Waals surface area contributed by atoms with Crippen molar-refractivity contribution in [3.8, 4) is 5.75 Å². The maximum atomic E-state index is 13.0. The molecule has 2 nitrogen and oxygen atoms in total. The summed E-state index contributed by atoms with van der Waals surface area (Å²) in [5.74, 6) is 0.901. The van der Waals surface area contributed by atoms with E-state index in [4.69, 9.17) is 4.74 Å². The molecule has 0 fully saturated rings. The van der Waals surface area contributed by atoms with Gasteiger partial charge in [0.25, 0.3) is 0 Å². The molecule has 2 aromatic carbocycles. The molecule has 0 N–H and O–H groups in total. The molecular formula is C23H31LiO2P. The number of unbranched alkanes of at least 4 members (excludes halogenated alkanes) is 2. The minimum Gasteiger partial charge on any atom is -0.494 e. The van der Waals surface area contributed by atoms with Crippen LogP contribution >= 0.6 is 8.58 Å². The van der Waals surface area contributed by atoms with Gasteiger partial charge in [-0.1, -0.05) is 31.9 Å². The standard InChI is InChI=1S/C23H31O2P.Li/c1-7-8-9-12-25-20-10-11-21(16(3)14-20)26-23(24)22-17(4)13-15(2)18(5)19(22)6;/h10-11,13-14,26H,7-9,12H2,1-6H3;. The van der Waals surface area contributed by atoms with Crippen LogP contribution in [0.4, 0.5) is 0 Å². The second-order valence-electron chi connectivity index (χ2n) is 7.12. The molecular weight excluding hydrogens is 346 g/mol. The molecule has 1 radical (unpaired) electrons. The second-order valence-corrected chi connectivity index (χ2v) is 8.36. The molecule has 27 heavy (non-hydrogen) atoms. The van der Waals surface area contributed by atoms with Crippen molar-refractivity contribution in [2.24, 2.45) is 0 Å². The molecule has 0 saturated heterocycles. The Morgan fingerprint density at radius 3 is 2.26 bits per heavy atom. The van der Waals surface area contributed by atoms with Gasteiger partial charge in [0.1, 0.15) is 5.75 Å². The molecule has 2 aromatic rings. The third kappa shape index (κ3) is 6.22. The van der Waals surface area contributed by atoms with Crippen molar-refractivity contribution in [3.63, 3.8) is 0 Å². The topological polar surface area (TPSA) is 26.3 Å². The third-order valence-corrected chi connectivity index (χ3v) is 6.35. The van der Waals surface area contributed by atoms with Crippen LogP contribution in [0.1, 0.15) is 64.4 Å². The van der Waals surface area contributed by atoms with Crippen LogP contribution in [-0.4, -0.2) is 31.0 Å². The molecule has 2 rings (SSSR count). The number of carbonyl (C=O) groups is 1. The fraction of sp³-hybridized carbons (Fsp3) is 0.435. The van der Waals surface area contributed by atoms with Crippen LogP contribution in [0.3, 0.4) is 0 Å². The molecule has 0 aliphatic rings. The van der Waals surface area contributed by atoms with Crippen molar-refractivity contribution in [2.45, 2.75) is 60.8 Å². The molecule has 1 atom stereocenters. The monoisotopic (exact) mass is 377 g/mol. The molecule has 0 bridgehead atoms. The molecule has 0 saturated carbocycles. The number of aryl methyl sites for hydroxylation is 3. The Morgan fingerprint density at radius 2 is 1.63 bits per heavy atom. The first kappa shape index (κ1) is 24.0. The van der Waals surface area contributed by atoms with Gasteiger partial charge >= 0.3 is 0 Å². The smallest absolute Gasteiger partial charge is 0.186 e. The van der Waals surface area contributed by atoms with Gasteiger partial charge in [-0.05, 0) is 94.9 Å². The fourth-order valence-corrected chi connectivity index (χ4v) is 4.42. The van der Waals surface area contributed by atoms with Crippen molar-refractivity contribution in [1.82, 2.24) is 0 Å². The minimum absolute atomic E-state index is 0. The first-order valence-electron chi connectivity index (χ1n) is 9.47. The van der Waals surface area contributed by atoms with Crippen LogP contribution in [0.25, 0.3) is 0 Å². The van der Waals surface area contributed by atoms with E-state index >= 15 is 0 Å². The van der Waals surface area contributed by atoms with Gasteiger partial charge in [-0.3, -0.25) is 4.79 Å². The predicted molar refractivity (Wildman–Crippen MR) is 120 cm³/mol. The molecule has 0 amide bonds. The van der Waals surface area contributed by atoms with E-state index in [-0.39, 0.29) is 33.0 Å². The molecule has 0 aliphatic heterocycles. The average Bonchev–Trinajstić information content (AvgIpc) is 2.59. The van der Waals surface area contributed by atoms with E-state index in [9.17, 15) is 4.79 Å². The van der Waals surface area contributed by atoms with Crippen molar-refractivity contribution in [1.29, 1.82) is 0 Å². The SMILES string of the molecule is CCCCCOc1ccc(PC(=O)c2c(C)cc(C)c(C)c2C)c(C)c1.[Li]. The van der Waals surface area contributed by atoms with E-state index in [0.29, 0.717) is 0 Å². The summed E-state index contributed by atoms with van der Waals surface area (Å²) < 4.78 is 5.82. The van der Waals surface area contributed by atoms with Gasteiger partial charge in [0.2, 0.25) is 0 Å². The number of carbonyl (C=O) groups excluding carboxylic acids is 1. The van der Waals surface area contributed by atoms with Gasteiger partial charge in [0, 0.05) is 24.4 Å². The minimum atomic E-state index is 0. The van der Waals surface area contributed by atoms with Crippen LogP contribution in [-0.2, 0) is 0 Å². The summed E-state index contributed by atoms with van der Waals surface area (Å²) in [5, 5.41) is 1.10. The van der Waals surface area contributed by atoms with E-state index in [2.05, 4.69) is 46.8 Å². The van der Waals surface area contributed by atoms with Crippen LogP contribution in [0.5, 0.6) is 5.75 Å². The maximum absolute atomic E-state index is 13.0. The van der Waals surface area contributed by atoms with E-state index < -0.39 is 0 Å². The maximum Gasteiger partial charge on any atom is 0.186 e. The van der Waals surface area contributed by atoms with E-state index in [0.717, 1.165) is 46.3 Å². The summed E-state index contributed by atoms with van der Waals surface area (Å²) in [6, 6.07) is 8.23. The summed E-state index contributed by atoms with van der Waals surface area (Å²) in [4.78, 5) is 13.0. The molecule has 0 aromatic heterocycles. The summed E-state index contributed by atoms with van der Waals surface area (Å²) in [5.41, 5.74) is 6.92. The normalized spacial score (nSPS) is 10.9. The molecule has 1 unspecified atom stereocenters. The summed E-state index contributed by atoms with van der Waals surface area (Å²) >= 11 is 0. The van der Waals surface area contributed by atoms with Crippen molar-refractivity contribution < 1.29 is 9.53 Å². The Kier molecular flexibility index (Phi) is 9.82. The average molecular weight is 377 g/mol. The number of hydrogen-bond donors (Lipinski definition) is 0. The van der Waals surface area contributed by atoms with Gasteiger partial charge in [-0.2, -0.15) is 0 Å². The number of benzene rings is 2. The summed E-state index contributed by atoms with van der Waals surface area (Å²) in [6.45, 7) is 13.3. The predicted octanol–water partition coefficient (Wildman–Crippen LogP) is 5.56. The number of rotatable bonds is 8. The Hall–Kier alpha value is -1.06. The van der Waals surface area contributed by atoms with Gasteiger partial charge < -0.3 is 4.74 Å². The van der Waals surface area contributed by atoms with Gasteiger partial charge in [0.15, 0.2) is 5.52 Å². The second kappa shape index (κ2) is 11.1. The largest absolute Gasteiger partial charge is 0.494 e. The molecule has 141 valence electrons. The Morgan fingerprint density at radius 1 is 0.926 bits per heavy atom. The molecule has 0 aliphatic carbocycles. The summed E-state index contributed by atoms with van der Waals surface area (Å²) in [6.07, 6.45) is 3.48. The first-order valence-corrected chi connectivity index (χ1v) is 10.5. The zero-order valence-corrected chi connectivity index (χ0v) is 19.0. The van der Waals surface area contributed by atoms with Gasteiger partial charge in [-0.15, -0.1) is 0 Å². The number of ether oxygens (including phenoxy) is 1. The van der Waals surface area contributed by atoms with Crippen LogP contribution in [0, 0.1) is 34.6 Å². The molecule has 4 heteroatoms.